The second kappa shape index (κ2) is 6.86. The van der Waals surface area contributed by atoms with Gasteiger partial charge in [0.05, 0.1) is 22.8 Å². The summed E-state index contributed by atoms with van der Waals surface area (Å²) in [4.78, 5) is 14.5. The number of nitro groups is 1. The zero-order valence-electron chi connectivity index (χ0n) is 11.5. The van der Waals surface area contributed by atoms with Crippen LogP contribution in [0, 0.1) is 15.9 Å². The van der Waals surface area contributed by atoms with Crippen LogP contribution in [0.1, 0.15) is 18.5 Å². The Morgan fingerprint density at radius 2 is 2.38 bits per heavy atom. The minimum absolute atomic E-state index is 0.0528. The van der Waals surface area contributed by atoms with Gasteiger partial charge in [-0.25, -0.2) is 4.39 Å². The molecule has 6 nitrogen and oxygen atoms in total. The monoisotopic (exact) mass is 313 g/mol. The largest absolute Gasteiger partial charge is 0.386 e. The SMILES string of the molecule is CCOCC1SC[C@@H](c2cc([N+](=O)[O-])ccc2F)N=C1N. The van der Waals surface area contributed by atoms with E-state index >= 15 is 0 Å². The van der Waals surface area contributed by atoms with Gasteiger partial charge in [0.2, 0.25) is 0 Å². The maximum atomic E-state index is 13.9. The van der Waals surface area contributed by atoms with Crippen molar-refractivity contribution in [1.29, 1.82) is 0 Å². The fourth-order valence-corrected chi connectivity index (χ4v) is 3.10. The third-order valence-electron chi connectivity index (χ3n) is 3.11. The molecule has 0 bridgehead atoms. The van der Waals surface area contributed by atoms with E-state index < -0.39 is 16.8 Å². The topological polar surface area (TPSA) is 90.8 Å². The molecule has 1 heterocycles. The number of benzene rings is 1. The lowest BCUT2D eigenvalue weighted by Gasteiger charge is -2.25. The Morgan fingerprint density at radius 3 is 3.00 bits per heavy atom. The van der Waals surface area contributed by atoms with Crippen molar-refractivity contribution in [2.45, 2.75) is 18.2 Å². The van der Waals surface area contributed by atoms with Gasteiger partial charge in [0, 0.05) is 30.1 Å². The van der Waals surface area contributed by atoms with Crippen LogP contribution in [0.15, 0.2) is 23.2 Å². The summed E-state index contributed by atoms with van der Waals surface area (Å²) in [5.74, 6) is 0.387. The number of nitrogens with two attached hydrogens (primary N) is 1. The highest BCUT2D eigenvalue weighted by Gasteiger charge is 2.27. The van der Waals surface area contributed by atoms with Gasteiger partial charge in [-0.05, 0) is 13.0 Å². The van der Waals surface area contributed by atoms with Crippen LogP contribution in [-0.2, 0) is 4.74 Å². The number of thioether (sulfide) groups is 1. The Kier molecular flexibility index (Phi) is 5.13. The summed E-state index contributed by atoms with van der Waals surface area (Å²) in [5, 5.41) is 10.7. The molecule has 1 aliphatic heterocycles. The fourth-order valence-electron chi connectivity index (χ4n) is 2.01. The van der Waals surface area contributed by atoms with Crippen LogP contribution in [0.2, 0.25) is 0 Å². The van der Waals surface area contributed by atoms with Gasteiger partial charge in [0.25, 0.3) is 5.69 Å². The molecule has 0 fully saturated rings. The molecule has 0 spiro atoms. The van der Waals surface area contributed by atoms with Crippen LogP contribution in [0.4, 0.5) is 10.1 Å². The molecule has 21 heavy (non-hydrogen) atoms. The highest BCUT2D eigenvalue weighted by Crippen LogP contribution is 2.33. The molecule has 1 aliphatic rings. The first-order valence-electron chi connectivity index (χ1n) is 6.49. The van der Waals surface area contributed by atoms with Gasteiger partial charge >= 0.3 is 0 Å². The smallest absolute Gasteiger partial charge is 0.269 e. The minimum atomic E-state index is -0.552. The number of rotatable bonds is 5. The number of nitro benzene ring substituents is 1. The quantitative estimate of drug-likeness (QED) is 0.665. The van der Waals surface area contributed by atoms with E-state index in [1.54, 1.807) is 0 Å². The minimum Gasteiger partial charge on any atom is -0.386 e. The summed E-state index contributed by atoms with van der Waals surface area (Å²) in [6.07, 6.45) is 0. The average Bonchev–Trinajstić information content (AvgIpc) is 2.46. The second-order valence-corrected chi connectivity index (χ2v) is 5.75. The summed E-state index contributed by atoms with van der Waals surface area (Å²) in [7, 11) is 0. The van der Waals surface area contributed by atoms with Gasteiger partial charge in [-0.2, -0.15) is 0 Å². The lowest BCUT2D eigenvalue weighted by molar-refractivity contribution is -0.385. The van der Waals surface area contributed by atoms with Crippen LogP contribution >= 0.6 is 11.8 Å². The van der Waals surface area contributed by atoms with Crippen molar-refractivity contribution in [1.82, 2.24) is 0 Å². The molecule has 8 heteroatoms. The maximum Gasteiger partial charge on any atom is 0.269 e. The third-order valence-corrected chi connectivity index (χ3v) is 4.40. The average molecular weight is 313 g/mol. The predicted octanol–water partition coefficient (Wildman–Crippen LogP) is 2.28. The molecule has 0 saturated heterocycles. The third kappa shape index (κ3) is 3.70. The molecular weight excluding hydrogens is 297 g/mol. The fraction of sp³-hybridized carbons (Fsp3) is 0.462. The Hall–Kier alpha value is -1.67. The molecule has 1 aromatic carbocycles. The molecule has 0 aliphatic carbocycles. The van der Waals surface area contributed by atoms with E-state index in [-0.39, 0.29) is 16.5 Å². The normalized spacial score (nSPS) is 21.9. The van der Waals surface area contributed by atoms with Crippen molar-refractivity contribution in [2.75, 3.05) is 19.0 Å². The Morgan fingerprint density at radius 1 is 1.62 bits per heavy atom. The summed E-state index contributed by atoms with van der Waals surface area (Å²) in [6, 6.07) is 2.95. The van der Waals surface area contributed by atoms with Crippen LogP contribution < -0.4 is 5.73 Å². The number of halogens is 1. The lowest BCUT2D eigenvalue weighted by Crippen LogP contribution is -2.35. The molecule has 0 saturated carbocycles. The van der Waals surface area contributed by atoms with E-state index in [1.165, 1.54) is 17.8 Å². The van der Waals surface area contributed by atoms with E-state index in [4.69, 9.17) is 10.5 Å². The summed E-state index contributed by atoms with van der Waals surface area (Å²) >= 11 is 1.52. The number of ether oxygens (including phenoxy) is 1. The molecule has 0 amide bonds. The first-order chi connectivity index (χ1) is 10.0. The Balaban J connectivity index is 2.22. The van der Waals surface area contributed by atoms with Gasteiger partial charge in [-0.1, -0.05) is 0 Å². The second-order valence-electron chi connectivity index (χ2n) is 4.51. The summed E-state index contributed by atoms with van der Waals surface area (Å²) in [5.41, 5.74) is 5.94. The van der Waals surface area contributed by atoms with Crippen molar-refractivity contribution < 1.29 is 14.1 Å². The molecule has 2 atom stereocenters. The van der Waals surface area contributed by atoms with Crippen LogP contribution in [0.3, 0.4) is 0 Å². The Bertz CT molecular complexity index is 568. The number of amidine groups is 1. The molecular formula is C13H16FN3O3S. The number of hydrogen-bond acceptors (Lipinski definition) is 6. The van der Waals surface area contributed by atoms with E-state index in [1.807, 2.05) is 6.92 Å². The first-order valence-corrected chi connectivity index (χ1v) is 7.54. The highest BCUT2D eigenvalue weighted by atomic mass is 32.2. The number of aliphatic imine (C=N–C) groups is 1. The van der Waals surface area contributed by atoms with E-state index in [2.05, 4.69) is 4.99 Å². The number of nitrogens with zero attached hydrogens (tertiary/aromatic N) is 2. The summed E-state index contributed by atoms with van der Waals surface area (Å²) < 4.78 is 19.2. The predicted molar refractivity (Wildman–Crippen MR) is 80.2 cm³/mol. The molecule has 0 radical (unpaired) electrons. The molecule has 0 aromatic heterocycles. The van der Waals surface area contributed by atoms with Crippen molar-refractivity contribution in [3.05, 3.63) is 39.7 Å². The van der Waals surface area contributed by atoms with Crippen LogP contribution in [0.25, 0.3) is 0 Å². The standard InChI is InChI=1S/C13H16FN3O3S/c1-2-20-6-12-13(15)16-11(7-21-12)9-5-8(17(18)19)3-4-10(9)14/h3-5,11-12H,2,6-7H2,1H3,(H2,15,16)/t11-,12?/m0/s1. The zero-order chi connectivity index (χ0) is 15.4. The van der Waals surface area contributed by atoms with E-state index in [9.17, 15) is 14.5 Å². The van der Waals surface area contributed by atoms with Crippen molar-refractivity contribution in [3.8, 4) is 0 Å². The van der Waals surface area contributed by atoms with E-state index in [0.29, 0.717) is 24.8 Å². The van der Waals surface area contributed by atoms with Gasteiger partial charge in [-0.3, -0.25) is 15.1 Å². The maximum absolute atomic E-state index is 13.9. The highest BCUT2D eigenvalue weighted by molar-refractivity contribution is 8.00. The molecule has 1 unspecified atom stereocenters. The van der Waals surface area contributed by atoms with Gasteiger partial charge in [-0.15, -0.1) is 11.8 Å². The van der Waals surface area contributed by atoms with Crippen LogP contribution in [-0.4, -0.2) is 35.0 Å². The molecule has 1 aromatic rings. The lowest BCUT2D eigenvalue weighted by atomic mass is 10.1. The van der Waals surface area contributed by atoms with Gasteiger partial charge in [0.15, 0.2) is 0 Å². The van der Waals surface area contributed by atoms with Gasteiger partial charge < -0.3 is 10.5 Å². The number of non-ortho nitro benzene ring substituents is 1. The van der Waals surface area contributed by atoms with Gasteiger partial charge in [0.1, 0.15) is 11.7 Å². The molecule has 114 valence electrons. The summed E-state index contributed by atoms with van der Waals surface area (Å²) in [6.45, 7) is 2.94. The number of hydrogen-bond donors (Lipinski definition) is 1. The molecule has 2 N–H and O–H groups in total. The van der Waals surface area contributed by atoms with Crippen molar-refractivity contribution >= 4 is 23.3 Å². The van der Waals surface area contributed by atoms with E-state index in [0.717, 1.165) is 12.1 Å². The first kappa shape index (κ1) is 15.7. The van der Waals surface area contributed by atoms with Crippen molar-refractivity contribution in [3.63, 3.8) is 0 Å². The molecule has 2 rings (SSSR count). The van der Waals surface area contributed by atoms with Crippen LogP contribution in [0.5, 0.6) is 0 Å². The Labute approximate surface area is 125 Å². The van der Waals surface area contributed by atoms with Crippen molar-refractivity contribution in [2.24, 2.45) is 10.7 Å². The zero-order valence-corrected chi connectivity index (χ0v) is 12.3.